The van der Waals surface area contributed by atoms with Gasteiger partial charge in [-0.15, -0.1) is 0 Å². The summed E-state index contributed by atoms with van der Waals surface area (Å²) in [6, 6.07) is 7.71. The molecule has 0 unspecified atom stereocenters. The highest BCUT2D eigenvalue weighted by molar-refractivity contribution is 5.95. The van der Waals surface area contributed by atoms with E-state index in [2.05, 4.69) is 15.5 Å². The molecule has 0 saturated carbocycles. The van der Waals surface area contributed by atoms with Gasteiger partial charge in [0.15, 0.2) is 0 Å². The van der Waals surface area contributed by atoms with Crippen LogP contribution in [0, 0.1) is 0 Å². The van der Waals surface area contributed by atoms with Crippen LogP contribution in [0.5, 0.6) is 0 Å². The predicted octanol–water partition coefficient (Wildman–Crippen LogP) is 1.40. The average molecular weight is 289 g/mol. The van der Waals surface area contributed by atoms with Gasteiger partial charge in [-0.1, -0.05) is 25.1 Å². The van der Waals surface area contributed by atoms with Gasteiger partial charge in [-0.25, -0.2) is 0 Å². The molecule has 5 heteroatoms. The van der Waals surface area contributed by atoms with E-state index in [1.807, 2.05) is 31.2 Å². The van der Waals surface area contributed by atoms with Crippen LogP contribution in [-0.2, 0) is 16.0 Å². The number of carbonyl (C=O) groups excluding carboxylic acids is 2. The van der Waals surface area contributed by atoms with Crippen LogP contribution in [0.25, 0.3) is 0 Å². The fraction of sp³-hybridized carbons (Fsp3) is 0.500. The molecule has 1 aromatic carbocycles. The quantitative estimate of drug-likeness (QED) is 0.832. The summed E-state index contributed by atoms with van der Waals surface area (Å²) >= 11 is 0. The molecule has 0 aromatic heterocycles. The van der Waals surface area contributed by atoms with Crippen molar-refractivity contribution in [3.8, 4) is 0 Å². The first-order chi connectivity index (χ1) is 10.2. The van der Waals surface area contributed by atoms with E-state index in [0.717, 1.165) is 43.6 Å². The summed E-state index contributed by atoms with van der Waals surface area (Å²) in [5, 5.41) is 5.52. The standard InChI is InChI=1S/C16H23N3O2/c1-2-13-7-3-4-8-14(13)18-15(20)11-17-16(21)12-19-9-5-6-10-19/h3-4,7-8H,2,5-6,9-12H2,1H3,(H,17,21)(H,18,20). The van der Waals surface area contributed by atoms with Crippen molar-refractivity contribution in [3.05, 3.63) is 29.8 Å². The minimum atomic E-state index is -0.189. The zero-order valence-corrected chi connectivity index (χ0v) is 12.5. The molecule has 0 bridgehead atoms. The van der Waals surface area contributed by atoms with Crippen LogP contribution in [-0.4, -0.2) is 42.9 Å². The molecular formula is C16H23N3O2. The Labute approximate surface area is 125 Å². The molecule has 114 valence electrons. The second-order valence-corrected chi connectivity index (χ2v) is 5.32. The lowest BCUT2D eigenvalue weighted by atomic mass is 10.1. The fourth-order valence-electron chi connectivity index (χ4n) is 2.52. The van der Waals surface area contributed by atoms with Crippen molar-refractivity contribution >= 4 is 17.5 Å². The van der Waals surface area contributed by atoms with Gasteiger partial charge in [0.2, 0.25) is 11.8 Å². The maximum absolute atomic E-state index is 11.9. The van der Waals surface area contributed by atoms with Crippen molar-refractivity contribution in [2.45, 2.75) is 26.2 Å². The summed E-state index contributed by atoms with van der Waals surface area (Å²) in [7, 11) is 0. The van der Waals surface area contributed by atoms with Crippen LogP contribution in [0.4, 0.5) is 5.69 Å². The smallest absolute Gasteiger partial charge is 0.243 e. The van der Waals surface area contributed by atoms with E-state index in [4.69, 9.17) is 0 Å². The molecule has 0 aliphatic carbocycles. The Morgan fingerprint density at radius 2 is 1.86 bits per heavy atom. The summed E-state index contributed by atoms with van der Waals surface area (Å²) in [4.78, 5) is 25.7. The van der Waals surface area contributed by atoms with Crippen molar-refractivity contribution in [2.75, 3.05) is 31.5 Å². The Kier molecular flexibility index (Phi) is 5.75. The highest BCUT2D eigenvalue weighted by atomic mass is 16.2. The molecule has 1 saturated heterocycles. The largest absolute Gasteiger partial charge is 0.346 e. The molecule has 2 N–H and O–H groups in total. The number of carbonyl (C=O) groups is 2. The number of nitrogens with one attached hydrogen (secondary N) is 2. The van der Waals surface area contributed by atoms with Gasteiger partial charge in [-0.2, -0.15) is 0 Å². The van der Waals surface area contributed by atoms with Gasteiger partial charge in [0.25, 0.3) is 0 Å². The highest BCUT2D eigenvalue weighted by Crippen LogP contribution is 2.14. The average Bonchev–Trinajstić information content (AvgIpc) is 2.98. The van der Waals surface area contributed by atoms with Crippen LogP contribution in [0.15, 0.2) is 24.3 Å². The van der Waals surface area contributed by atoms with E-state index in [-0.39, 0.29) is 18.4 Å². The van der Waals surface area contributed by atoms with Crippen LogP contribution >= 0.6 is 0 Å². The Morgan fingerprint density at radius 3 is 2.57 bits per heavy atom. The summed E-state index contributed by atoms with van der Waals surface area (Å²) in [6.07, 6.45) is 3.17. The molecule has 1 aromatic rings. The third kappa shape index (κ3) is 4.86. The fourth-order valence-corrected chi connectivity index (χ4v) is 2.52. The minimum absolute atomic E-state index is 0.0186. The van der Waals surface area contributed by atoms with Gasteiger partial charge in [0.05, 0.1) is 13.1 Å². The van der Waals surface area contributed by atoms with Crippen molar-refractivity contribution < 1.29 is 9.59 Å². The molecule has 0 radical (unpaired) electrons. The third-order valence-corrected chi connectivity index (χ3v) is 3.68. The Balaban J connectivity index is 1.75. The number of rotatable bonds is 6. The van der Waals surface area contributed by atoms with Crippen LogP contribution in [0.3, 0.4) is 0 Å². The monoisotopic (exact) mass is 289 g/mol. The Bertz CT molecular complexity index is 496. The lowest BCUT2D eigenvalue weighted by molar-refractivity contribution is -0.124. The van der Waals surface area contributed by atoms with Crippen LogP contribution in [0.1, 0.15) is 25.3 Å². The second-order valence-electron chi connectivity index (χ2n) is 5.32. The van der Waals surface area contributed by atoms with Gasteiger partial charge < -0.3 is 10.6 Å². The molecule has 1 fully saturated rings. The number of amides is 2. The van der Waals surface area contributed by atoms with E-state index in [9.17, 15) is 9.59 Å². The third-order valence-electron chi connectivity index (χ3n) is 3.68. The maximum Gasteiger partial charge on any atom is 0.243 e. The number of benzene rings is 1. The molecule has 0 atom stereocenters. The summed E-state index contributed by atoms with van der Waals surface area (Å²) in [5.74, 6) is -0.276. The summed E-state index contributed by atoms with van der Waals surface area (Å²) in [6.45, 7) is 4.40. The predicted molar refractivity (Wildman–Crippen MR) is 83.1 cm³/mol. The number of hydrogen-bond donors (Lipinski definition) is 2. The van der Waals surface area contributed by atoms with Gasteiger partial charge >= 0.3 is 0 Å². The van der Waals surface area contributed by atoms with Crippen molar-refractivity contribution in [2.24, 2.45) is 0 Å². The normalized spacial score (nSPS) is 14.9. The molecule has 2 amide bonds. The lowest BCUT2D eigenvalue weighted by Gasteiger charge is -2.14. The molecule has 1 aliphatic heterocycles. The van der Waals surface area contributed by atoms with Gasteiger partial charge in [0.1, 0.15) is 0 Å². The van der Waals surface area contributed by atoms with E-state index < -0.39 is 0 Å². The first-order valence-corrected chi connectivity index (χ1v) is 7.56. The van der Waals surface area contributed by atoms with Crippen molar-refractivity contribution in [1.29, 1.82) is 0 Å². The van der Waals surface area contributed by atoms with Crippen molar-refractivity contribution in [1.82, 2.24) is 10.2 Å². The molecule has 2 rings (SSSR count). The molecule has 0 spiro atoms. The summed E-state index contributed by atoms with van der Waals surface area (Å²) < 4.78 is 0. The Hall–Kier alpha value is -1.88. The zero-order valence-electron chi connectivity index (χ0n) is 12.5. The Morgan fingerprint density at radius 1 is 1.14 bits per heavy atom. The number of hydrogen-bond acceptors (Lipinski definition) is 3. The zero-order chi connectivity index (χ0) is 15.1. The number of nitrogens with zero attached hydrogens (tertiary/aromatic N) is 1. The molecular weight excluding hydrogens is 266 g/mol. The lowest BCUT2D eigenvalue weighted by Crippen LogP contribution is -2.39. The molecule has 1 heterocycles. The highest BCUT2D eigenvalue weighted by Gasteiger charge is 2.15. The molecule has 1 aliphatic rings. The van der Waals surface area contributed by atoms with E-state index >= 15 is 0 Å². The van der Waals surface area contributed by atoms with Gasteiger partial charge in [0, 0.05) is 5.69 Å². The van der Waals surface area contributed by atoms with Crippen molar-refractivity contribution in [3.63, 3.8) is 0 Å². The maximum atomic E-state index is 11.9. The number of aryl methyl sites for hydroxylation is 1. The first-order valence-electron chi connectivity index (χ1n) is 7.56. The van der Waals surface area contributed by atoms with Crippen LogP contribution in [0.2, 0.25) is 0 Å². The van der Waals surface area contributed by atoms with E-state index in [1.54, 1.807) is 0 Å². The minimum Gasteiger partial charge on any atom is -0.346 e. The number of anilines is 1. The van der Waals surface area contributed by atoms with Gasteiger partial charge in [-0.3, -0.25) is 14.5 Å². The SMILES string of the molecule is CCc1ccccc1NC(=O)CNC(=O)CN1CCCC1. The van der Waals surface area contributed by atoms with E-state index in [0.29, 0.717) is 6.54 Å². The topological polar surface area (TPSA) is 61.4 Å². The first kappa shape index (κ1) is 15.5. The second kappa shape index (κ2) is 7.78. The molecule has 21 heavy (non-hydrogen) atoms. The van der Waals surface area contributed by atoms with Crippen LogP contribution < -0.4 is 10.6 Å². The number of likely N-dealkylation sites (tertiary alicyclic amines) is 1. The van der Waals surface area contributed by atoms with E-state index in [1.165, 1.54) is 0 Å². The van der Waals surface area contributed by atoms with Gasteiger partial charge in [-0.05, 0) is 44.0 Å². The summed E-state index contributed by atoms with van der Waals surface area (Å²) in [5.41, 5.74) is 1.91. The molecule has 5 nitrogen and oxygen atoms in total. The number of para-hydroxylation sites is 1.